The van der Waals surface area contributed by atoms with Crippen LogP contribution < -0.4 is 4.72 Å². The number of sulfonamides is 1. The van der Waals surface area contributed by atoms with E-state index >= 15 is 0 Å². The number of anilines is 1. The first-order valence-electron chi connectivity index (χ1n) is 9.66. The van der Waals surface area contributed by atoms with Crippen molar-refractivity contribution in [2.45, 2.75) is 37.6 Å². The second-order valence-electron chi connectivity index (χ2n) is 7.28. The van der Waals surface area contributed by atoms with Gasteiger partial charge in [-0.3, -0.25) is 9.52 Å². The first-order valence-corrected chi connectivity index (χ1v) is 12.0. The van der Waals surface area contributed by atoms with Crippen LogP contribution in [0.2, 0.25) is 10.0 Å². The molecule has 2 N–H and O–H groups in total. The van der Waals surface area contributed by atoms with E-state index in [-0.39, 0.29) is 18.1 Å². The number of amides is 1. The molecular formula is C19H20Cl2F3N3O6S. The van der Waals surface area contributed by atoms with E-state index in [1.54, 1.807) is 30.0 Å². The molecule has 0 unspecified atom stereocenters. The lowest BCUT2D eigenvalue weighted by atomic mass is 10.1. The number of benzene rings is 1. The predicted octanol–water partition coefficient (Wildman–Crippen LogP) is 3.90. The molecule has 2 aromatic rings. The van der Waals surface area contributed by atoms with E-state index in [1.165, 1.54) is 6.07 Å². The number of hydrogen-bond donors (Lipinski definition) is 2. The number of piperidine rings is 1. The number of carboxylic acid groups (broad SMARTS) is 1. The van der Waals surface area contributed by atoms with Gasteiger partial charge in [0.1, 0.15) is 5.76 Å². The molecule has 0 spiro atoms. The first kappa shape index (κ1) is 27.7. The Labute approximate surface area is 202 Å². The molecule has 1 aromatic heterocycles. The minimum Gasteiger partial charge on any atom is -0.475 e. The Morgan fingerprint density at radius 1 is 1.21 bits per heavy atom. The highest BCUT2D eigenvalue weighted by atomic mass is 35.5. The fraction of sp³-hybridized carbons (Fsp3) is 0.421. The molecular weight excluding hydrogens is 526 g/mol. The van der Waals surface area contributed by atoms with Crippen LogP contribution in [0.15, 0.2) is 28.8 Å². The molecule has 1 amide bonds. The van der Waals surface area contributed by atoms with Crippen LogP contribution in [-0.4, -0.2) is 60.0 Å². The van der Waals surface area contributed by atoms with Gasteiger partial charge in [-0.15, -0.1) is 0 Å². The minimum absolute atomic E-state index is 0.0654. The van der Waals surface area contributed by atoms with Gasteiger partial charge >= 0.3 is 12.1 Å². The van der Waals surface area contributed by atoms with E-state index in [2.05, 4.69) is 9.88 Å². The molecule has 1 aromatic carbocycles. The fourth-order valence-corrected chi connectivity index (χ4v) is 4.70. The van der Waals surface area contributed by atoms with E-state index in [0.29, 0.717) is 41.7 Å². The molecule has 0 bridgehead atoms. The maximum atomic E-state index is 12.5. The van der Waals surface area contributed by atoms with Crippen molar-refractivity contribution in [2.75, 3.05) is 17.8 Å². The molecule has 15 heteroatoms. The van der Waals surface area contributed by atoms with Gasteiger partial charge in [0.2, 0.25) is 15.9 Å². The Morgan fingerprint density at radius 2 is 1.79 bits per heavy atom. The highest BCUT2D eigenvalue weighted by Gasteiger charge is 2.38. The van der Waals surface area contributed by atoms with Gasteiger partial charge in [-0.1, -0.05) is 34.4 Å². The van der Waals surface area contributed by atoms with E-state index in [1.807, 2.05) is 0 Å². The monoisotopic (exact) mass is 545 g/mol. The zero-order valence-electron chi connectivity index (χ0n) is 17.6. The molecule has 1 aliphatic rings. The molecule has 0 radical (unpaired) electrons. The maximum Gasteiger partial charge on any atom is 0.490 e. The predicted molar refractivity (Wildman–Crippen MR) is 117 cm³/mol. The summed E-state index contributed by atoms with van der Waals surface area (Å²) < 4.78 is 64.0. The van der Waals surface area contributed by atoms with Crippen LogP contribution >= 0.6 is 23.2 Å². The Morgan fingerprint density at radius 3 is 2.26 bits per heavy atom. The van der Waals surface area contributed by atoms with E-state index in [4.69, 9.17) is 37.6 Å². The van der Waals surface area contributed by atoms with Crippen LogP contribution in [0.4, 0.5) is 19.0 Å². The third kappa shape index (κ3) is 8.06. The van der Waals surface area contributed by atoms with Gasteiger partial charge in [-0.05, 0) is 37.5 Å². The van der Waals surface area contributed by atoms with Gasteiger partial charge in [0.25, 0.3) is 0 Å². The van der Waals surface area contributed by atoms with Gasteiger partial charge in [0, 0.05) is 19.2 Å². The zero-order valence-corrected chi connectivity index (χ0v) is 19.9. The summed E-state index contributed by atoms with van der Waals surface area (Å²) in [6.45, 7) is 2.44. The molecule has 0 atom stereocenters. The Kier molecular flexibility index (Phi) is 9.20. The van der Waals surface area contributed by atoms with Crippen LogP contribution in [-0.2, 0) is 26.0 Å². The van der Waals surface area contributed by atoms with Crippen molar-refractivity contribution in [3.8, 4) is 0 Å². The summed E-state index contributed by atoms with van der Waals surface area (Å²) in [5, 5.41) is 11.0. The highest BCUT2D eigenvalue weighted by Crippen LogP contribution is 2.24. The standard InChI is InChI=1S/C17H19Cl2N3O4S.C2HF3O2/c1-11-8-16(20-26-11)21-27(24,25)13-4-6-22(7-5-13)17(23)10-12-2-3-14(18)15(19)9-12;3-2(4,5)1(6)7/h2-3,8-9,13H,4-7,10H2,1H3,(H,20,21);(H,6,7). The summed E-state index contributed by atoms with van der Waals surface area (Å²) in [5.41, 5.74) is 0.771. The molecule has 1 saturated heterocycles. The third-order valence-electron chi connectivity index (χ3n) is 4.69. The number of carboxylic acids is 1. The lowest BCUT2D eigenvalue weighted by Crippen LogP contribution is -2.44. The first-order chi connectivity index (χ1) is 15.7. The number of hydrogen-bond acceptors (Lipinski definition) is 6. The Hall–Kier alpha value is -2.51. The molecule has 1 aliphatic heterocycles. The quantitative estimate of drug-likeness (QED) is 0.582. The van der Waals surface area contributed by atoms with Crippen molar-refractivity contribution in [3.63, 3.8) is 0 Å². The summed E-state index contributed by atoms with van der Waals surface area (Å²) in [6.07, 6.45) is -4.16. The number of alkyl halides is 3. The van der Waals surface area contributed by atoms with E-state index < -0.39 is 27.4 Å². The van der Waals surface area contributed by atoms with Gasteiger partial charge in [0.05, 0.1) is 21.7 Å². The van der Waals surface area contributed by atoms with Crippen molar-refractivity contribution in [3.05, 3.63) is 45.6 Å². The molecule has 2 heterocycles. The second kappa shape index (κ2) is 11.3. The number of nitrogens with zero attached hydrogens (tertiary/aromatic N) is 2. The number of nitrogens with one attached hydrogen (secondary N) is 1. The van der Waals surface area contributed by atoms with Crippen LogP contribution in [0.3, 0.4) is 0 Å². The lowest BCUT2D eigenvalue weighted by Gasteiger charge is -2.31. The SMILES string of the molecule is Cc1cc(NS(=O)(=O)C2CCN(C(=O)Cc3ccc(Cl)c(Cl)c3)CC2)no1.O=C(O)C(F)(F)F. The lowest BCUT2D eigenvalue weighted by molar-refractivity contribution is -0.192. The molecule has 34 heavy (non-hydrogen) atoms. The van der Waals surface area contributed by atoms with Crippen LogP contribution in [0.25, 0.3) is 0 Å². The number of likely N-dealkylation sites (tertiary alicyclic amines) is 1. The number of aryl methyl sites for hydroxylation is 1. The summed E-state index contributed by atoms with van der Waals surface area (Å²) in [6, 6.07) is 6.60. The van der Waals surface area contributed by atoms with E-state index in [0.717, 1.165) is 5.56 Å². The normalized spacial score (nSPS) is 14.8. The van der Waals surface area contributed by atoms with Gasteiger partial charge < -0.3 is 14.5 Å². The summed E-state index contributed by atoms with van der Waals surface area (Å²) >= 11 is 11.9. The summed E-state index contributed by atoms with van der Waals surface area (Å²) in [7, 11) is -3.58. The molecule has 3 rings (SSSR count). The molecule has 1 fully saturated rings. The maximum absolute atomic E-state index is 12.5. The largest absolute Gasteiger partial charge is 0.490 e. The zero-order chi connectivity index (χ0) is 25.7. The molecule has 0 saturated carbocycles. The van der Waals surface area contributed by atoms with Crippen molar-refractivity contribution in [2.24, 2.45) is 0 Å². The fourth-order valence-electron chi connectivity index (χ4n) is 3.00. The number of aliphatic carboxylic acids is 1. The average Bonchev–Trinajstić information content (AvgIpc) is 3.14. The summed E-state index contributed by atoms with van der Waals surface area (Å²) in [4.78, 5) is 23.0. The number of carbonyl (C=O) groups excluding carboxylic acids is 1. The Bertz CT molecular complexity index is 1130. The topological polar surface area (TPSA) is 130 Å². The molecule has 9 nitrogen and oxygen atoms in total. The van der Waals surface area contributed by atoms with Gasteiger partial charge in [-0.2, -0.15) is 13.2 Å². The number of halogens is 5. The number of rotatable bonds is 5. The van der Waals surface area contributed by atoms with Crippen molar-refractivity contribution in [1.29, 1.82) is 0 Å². The van der Waals surface area contributed by atoms with Crippen molar-refractivity contribution < 1.29 is 40.8 Å². The van der Waals surface area contributed by atoms with Crippen LogP contribution in [0.1, 0.15) is 24.2 Å². The van der Waals surface area contributed by atoms with E-state index in [9.17, 15) is 26.4 Å². The van der Waals surface area contributed by atoms with Crippen LogP contribution in [0.5, 0.6) is 0 Å². The number of aromatic nitrogens is 1. The highest BCUT2D eigenvalue weighted by molar-refractivity contribution is 7.93. The smallest absolute Gasteiger partial charge is 0.475 e. The van der Waals surface area contributed by atoms with Gasteiger partial charge in [-0.25, -0.2) is 13.2 Å². The van der Waals surface area contributed by atoms with Crippen molar-refractivity contribution >= 4 is 50.9 Å². The minimum atomic E-state index is -5.08. The molecule has 0 aliphatic carbocycles. The molecule has 188 valence electrons. The van der Waals surface area contributed by atoms with Crippen molar-refractivity contribution in [1.82, 2.24) is 10.1 Å². The third-order valence-corrected chi connectivity index (χ3v) is 7.27. The second-order valence-corrected chi connectivity index (χ2v) is 10.1. The Balaban J connectivity index is 0.000000509. The average molecular weight is 546 g/mol. The van der Waals surface area contributed by atoms with Crippen LogP contribution in [0, 0.1) is 6.92 Å². The number of carbonyl (C=O) groups is 2. The van der Waals surface area contributed by atoms with Gasteiger partial charge in [0.15, 0.2) is 5.82 Å². The summed E-state index contributed by atoms with van der Waals surface area (Å²) in [5.74, 6) is -2.13.